The molecule has 1 heterocycles. The van der Waals surface area contributed by atoms with E-state index in [0.717, 1.165) is 25.1 Å². The average molecular weight is 263 g/mol. The van der Waals surface area contributed by atoms with Crippen LogP contribution in [0.15, 0.2) is 24.3 Å². The SMILES string of the molecule is CCOc1cccc(C(=O)N2CCCC(CO)C2)c1. The monoisotopic (exact) mass is 263 g/mol. The second kappa shape index (κ2) is 6.57. The number of benzene rings is 1. The normalized spacial score (nSPS) is 19.3. The number of likely N-dealkylation sites (tertiary alicyclic amines) is 1. The molecule has 2 rings (SSSR count). The quantitative estimate of drug-likeness (QED) is 0.903. The predicted octanol–water partition coefficient (Wildman–Crippen LogP) is 1.93. The lowest BCUT2D eigenvalue weighted by Gasteiger charge is -2.32. The Kier molecular flexibility index (Phi) is 4.80. The number of piperidine rings is 1. The fourth-order valence-electron chi connectivity index (χ4n) is 2.47. The Balaban J connectivity index is 2.08. The van der Waals surface area contributed by atoms with Crippen LogP contribution in [0.2, 0.25) is 0 Å². The molecule has 1 saturated heterocycles. The second-order valence-electron chi connectivity index (χ2n) is 4.90. The molecule has 0 aliphatic carbocycles. The van der Waals surface area contributed by atoms with Crippen LogP contribution in [-0.4, -0.2) is 42.2 Å². The van der Waals surface area contributed by atoms with Gasteiger partial charge >= 0.3 is 0 Å². The van der Waals surface area contributed by atoms with Crippen molar-refractivity contribution in [3.8, 4) is 5.75 Å². The van der Waals surface area contributed by atoms with Gasteiger partial charge in [0.15, 0.2) is 0 Å². The van der Waals surface area contributed by atoms with Crippen LogP contribution in [0.25, 0.3) is 0 Å². The highest BCUT2D eigenvalue weighted by Gasteiger charge is 2.24. The highest BCUT2D eigenvalue weighted by molar-refractivity contribution is 5.94. The first-order valence-electron chi connectivity index (χ1n) is 6.87. The maximum absolute atomic E-state index is 12.4. The highest BCUT2D eigenvalue weighted by atomic mass is 16.5. The van der Waals surface area contributed by atoms with E-state index in [1.807, 2.05) is 30.0 Å². The van der Waals surface area contributed by atoms with E-state index >= 15 is 0 Å². The minimum Gasteiger partial charge on any atom is -0.494 e. The van der Waals surface area contributed by atoms with Crippen LogP contribution in [0.3, 0.4) is 0 Å². The van der Waals surface area contributed by atoms with Crippen LogP contribution in [-0.2, 0) is 0 Å². The molecule has 1 aromatic rings. The fourth-order valence-corrected chi connectivity index (χ4v) is 2.47. The van der Waals surface area contributed by atoms with Crippen LogP contribution in [0.4, 0.5) is 0 Å². The zero-order valence-corrected chi connectivity index (χ0v) is 11.3. The van der Waals surface area contributed by atoms with Gasteiger partial charge in [0.05, 0.1) is 6.61 Å². The summed E-state index contributed by atoms with van der Waals surface area (Å²) >= 11 is 0. The number of hydrogen-bond donors (Lipinski definition) is 1. The lowest BCUT2D eigenvalue weighted by Crippen LogP contribution is -2.40. The first-order chi connectivity index (χ1) is 9.24. The van der Waals surface area contributed by atoms with E-state index < -0.39 is 0 Å². The molecule has 4 nitrogen and oxygen atoms in total. The summed E-state index contributed by atoms with van der Waals surface area (Å²) in [5.74, 6) is 0.969. The zero-order valence-electron chi connectivity index (χ0n) is 11.3. The average Bonchev–Trinajstić information content (AvgIpc) is 2.47. The van der Waals surface area contributed by atoms with Crippen LogP contribution < -0.4 is 4.74 Å². The number of carbonyl (C=O) groups excluding carboxylic acids is 1. The van der Waals surface area contributed by atoms with Crippen molar-refractivity contribution in [2.45, 2.75) is 19.8 Å². The largest absolute Gasteiger partial charge is 0.494 e. The molecule has 0 aromatic heterocycles. The number of carbonyl (C=O) groups is 1. The molecular weight excluding hydrogens is 242 g/mol. The zero-order chi connectivity index (χ0) is 13.7. The first-order valence-corrected chi connectivity index (χ1v) is 6.87. The molecule has 1 fully saturated rings. The third kappa shape index (κ3) is 3.47. The molecule has 0 saturated carbocycles. The molecular formula is C15H21NO3. The molecule has 4 heteroatoms. The molecule has 1 atom stereocenters. The van der Waals surface area contributed by atoms with Gasteiger partial charge in [-0.05, 0) is 43.9 Å². The summed E-state index contributed by atoms with van der Waals surface area (Å²) in [7, 11) is 0. The van der Waals surface area contributed by atoms with Gasteiger partial charge in [0.2, 0.25) is 0 Å². The maximum Gasteiger partial charge on any atom is 0.253 e. The van der Waals surface area contributed by atoms with Crippen molar-refractivity contribution < 1.29 is 14.6 Å². The summed E-state index contributed by atoms with van der Waals surface area (Å²) in [6, 6.07) is 7.29. The number of nitrogens with zero attached hydrogens (tertiary/aromatic N) is 1. The van der Waals surface area contributed by atoms with Gasteiger partial charge in [-0.15, -0.1) is 0 Å². The summed E-state index contributed by atoms with van der Waals surface area (Å²) in [4.78, 5) is 14.2. The van der Waals surface area contributed by atoms with Crippen molar-refractivity contribution in [1.82, 2.24) is 4.90 Å². The number of amides is 1. The molecule has 1 unspecified atom stereocenters. The van der Waals surface area contributed by atoms with E-state index in [0.29, 0.717) is 18.7 Å². The Bertz CT molecular complexity index is 433. The van der Waals surface area contributed by atoms with E-state index in [2.05, 4.69) is 0 Å². The number of aliphatic hydroxyl groups excluding tert-OH is 1. The van der Waals surface area contributed by atoms with Crippen LogP contribution >= 0.6 is 0 Å². The summed E-state index contributed by atoms with van der Waals surface area (Å²) in [5.41, 5.74) is 0.657. The summed E-state index contributed by atoms with van der Waals surface area (Å²) in [5, 5.41) is 9.22. The number of hydrogen-bond acceptors (Lipinski definition) is 3. The predicted molar refractivity (Wildman–Crippen MR) is 73.3 cm³/mol. The number of ether oxygens (including phenoxy) is 1. The Hall–Kier alpha value is -1.55. The minimum absolute atomic E-state index is 0.0275. The van der Waals surface area contributed by atoms with E-state index in [-0.39, 0.29) is 18.4 Å². The van der Waals surface area contributed by atoms with Crippen LogP contribution in [0, 0.1) is 5.92 Å². The standard InChI is InChI=1S/C15H21NO3/c1-2-19-14-7-3-6-13(9-14)15(18)16-8-4-5-12(10-16)11-17/h3,6-7,9,12,17H,2,4-5,8,10-11H2,1H3. The third-order valence-corrected chi connectivity index (χ3v) is 3.46. The molecule has 1 aliphatic heterocycles. The third-order valence-electron chi connectivity index (χ3n) is 3.46. The van der Waals surface area contributed by atoms with E-state index in [1.54, 1.807) is 6.07 Å². The molecule has 0 bridgehead atoms. The summed E-state index contributed by atoms with van der Waals surface area (Å²) in [6.07, 6.45) is 1.96. The van der Waals surface area contributed by atoms with Gasteiger partial charge in [-0.2, -0.15) is 0 Å². The van der Waals surface area contributed by atoms with Crippen molar-refractivity contribution in [2.75, 3.05) is 26.3 Å². The molecule has 104 valence electrons. The van der Waals surface area contributed by atoms with Gasteiger partial charge < -0.3 is 14.7 Å². The van der Waals surface area contributed by atoms with Crippen molar-refractivity contribution in [3.05, 3.63) is 29.8 Å². The first kappa shape index (κ1) is 13.9. The Morgan fingerprint density at radius 1 is 1.53 bits per heavy atom. The lowest BCUT2D eigenvalue weighted by atomic mass is 9.98. The number of rotatable bonds is 4. The van der Waals surface area contributed by atoms with E-state index in [4.69, 9.17) is 4.74 Å². The second-order valence-corrected chi connectivity index (χ2v) is 4.90. The lowest BCUT2D eigenvalue weighted by molar-refractivity contribution is 0.0620. The van der Waals surface area contributed by atoms with Gasteiger partial charge in [-0.25, -0.2) is 0 Å². The van der Waals surface area contributed by atoms with Crippen molar-refractivity contribution >= 4 is 5.91 Å². The molecule has 1 amide bonds. The summed E-state index contributed by atoms with van der Waals surface area (Å²) in [6.45, 7) is 4.09. The molecule has 19 heavy (non-hydrogen) atoms. The van der Waals surface area contributed by atoms with Gasteiger partial charge in [0, 0.05) is 25.3 Å². The van der Waals surface area contributed by atoms with Gasteiger partial charge in [-0.3, -0.25) is 4.79 Å². The fraction of sp³-hybridized carbons (Fsp3) is 0.533. The molecule has 1 aliphatic rings. The molecule has 1 N–H and O–H groups in total. The van der Waals surface area contributed by atoms with Gasteiger partial charge in [-0.1, -0.05) is 6.07 Å². The van der Waals surface area contributed by atoms with E-state index in [9.17, 15) is 9.90 Å². The van der Waals surface area contributed by atoms with Crippen molar-refractivity contribution in [2.24, 2.45) is 5.92 Å². The summed E-state index contributed by atoms with van der Waals surface area (Å²) < 4.78 is 5.42. The Morgan fingerprint density at radius 3 is 3.11 bits per heavy atom. The topological polar surface area (TPSA) is 49.8 Å². The molecule has 0 spiro atoms. The molecule has 0 radical (unpaired) electrons. The minimum atomic E-state index is 0.0275. The smallest absolute Gasteiger partial charge is 0.253 e. The van der Waals surface area contributed by atoms with Crippen LogP contribution in [0.1, 0.15) is 30.1 Å². The van der Waals surface area contributed by atoms with Crippen molar-refractivity contribution in [1.29, 1.82) is 0 Å². The maximum atomic E-state index is 12.4. The van der Waals surface area contributed by atoms with E-state index in [1.165, 1.54) is 0 Å². The van der Waals surface area contributed by atoms with Crippen molar-refractivity contribution in [3.63, 3.8) is 0 Å². The molecule has 1 aromatic carbocycles. The Morgan fingerprint density at radius 2 is 2.37 bits per heavy atom. The van der Waals surface area contributed by atoms with Crippen LogP contribution in [0.5, 0.6) is 5.75 Å². The van der Waals surface area contributed by atoms with Gasteiger partial charge in [0.1, 0.15) is 5.75 Å². The van der Waals surface area contributed by atoms with Gasteiger partial charge in [0.25, 0.3) is 5.91 Å². The Labute approximate surface area is 114 Å². The number of aliphatic hydroxyl groups is 1. The highest BCUT2D eigenvalue weighted by Crippen LogP contribution is 2.20.